The maximum atomic E-state index is 13.4. The molecule has 1 N–H and O–H groups in total. The van der Waals surface area contributed by atoms with Gasteiger partial charge in [-0.25, -0.2) is 4.39 Å². The molecule has 0 bridgehead atoms. The van der Waals surface area contributed by atoms with Crippen molar-refractivity contribution in [1.82, 2.24) is 9.47 Å². The van der Waals surface area contributed by atoms with Gasteiger partial charge in [0.05, 0.1) is 6.04 Å². The minimum atomic E-state index is -0.885. The number of piperidine rings is 1. The molecule has 5 nitrogen and oxygen atoms in total. The van der Waals surface area contributed by atoms with Crippen LogP contribution in [0, 0.1) is 6.92 Å². The molecule has 2 atom stereocenters. The van der Waals surface area contributed by atoms with Gasteiger partial charge in [-0.2, -0.15) is 0 Å². The predicted molar refractivity (Wildman–Crippen MR) is 66.1 cm³/mol. The number of amides is 1. The first-order valence-electron chi connectivity index (χ1n) is 6.37. The van der Waals surface area contributed by atoms with Gasteiger partial charge in [0, 0.05) is 31.3 Å². The molecule has 102 valence electrons. The van der Waals surface area contributed by atoms with Gasteiger partial charge in [-0.1, -0.05) is 0 Å². The van der Waals surface area contributed by atoms with E-state index in [0.717, 1.165) is 0 Å². The van der Waals surface area contributed by atoms with Gasteiger partial charge in [0.25, 0.3) is 5.91 Å². The Bertz CT molecular complexity index is 611. The van der Waals surface area contributed by atoms with Crippen LogP contribution >= 0.6 is 0 Å². The zero-order valence-electron chi connectivity index (χ0n) is 10.6. The Hall–Kier alpha value is -1.85. The molecule has 2 aliphatic heterocycles. The van der Waals surface area contributed by atoms with Crippen LogP contribution in [0.5, 0.6) is 5.75 Å². The topological polar surface area (TPSA) is 62.5 Å². The van der Waals surface area contributed by atoms with Crippen LogP contribution < -0.4 is 5.43 Å². The van der Waals surface area contributed by atoms with Crippen molar-refractivity contribution in [1.29, 1.82) is 0 Å². The fourth-order valence-electron chi connectivity index (χ4n) is 2.96. The number of aromatic nitrogens is 1. The summed E-state index contributed by atoms with van der Waals surface area (Å²) in [5, 5.41) is 9.88. The molecule has 0 spiro atoms. The quantitative estimate of drug-likeness (QED) is 0.756. The lowest BCUT2D eigenvalue weighted by atomic mass is 9.97. The van der Waals surface area contributed by atoms with Crippen molar-refractivity contribution < 1.29 is 14.3 Å². The van der Waals surface area contributed by atoms with Crippen LogP contribution in [-0.4, -0.2) is 39.2 Å². The number of carbonyl (C=O) groups excluding carboxylic acids is 1. The molecule has 0 radical (unpaired) electrons. The van der Waals surface area contributed by atoms with Gasteiger partial charge in [0.15, 0.2) is 11.4 Å². The zero-order valence-corrected chi connectivity index (χ0v) is 10.6. The normalized spacial score (nSPS) is 26.0. The summed E-state index contributed by atoms with van der Waals surface area (Å²) in [5.74, 6) is -0.872. The number of pyridine rings is 1. The summed E-state index contributed by atoms with van der Waals surface area (Å²) in [5.41, 5.74) is -0.0994. The van der Waals surface area contributed by atoms with Gasteiger partial charge in [-0.15, -0.1) is 0 Å². The van der Waals surface area contributed by atoms with Gasteiger partial charge in [0.1, 0.15) is 6.17 Å². The molecule has 2 aliphatic rings. The minimum absolute atomic E-state index is 0.0316. The van der Waals surface area contributed by atoms with E-state index in [9.17, 15) is 19.1 Å². The molecular weight excluding hydrogens is 251 g/mol. The minimum Gasteiger partial charge on any atom is -0.503 e. The molecule has 0 unspecified atom stereocenters. The second-order valence-electron chi connectivity index (χ2n) is 5.26. The molecular formula is C13H15FN2O3. The van der Waals surface area contributed by atoms with Crippen molar-refractivity contribution in [3.05, 3.63) is 27.7 Å². The number of aryl methyl sites for hydroxylation is 1. The lowest BCUT2D eigenvalue weighted by molar-refractivity contribution is 0.0382. The Morgan fingerprint density at radius 2 is 2.16 bits per heavy atom. The third kappa shape index (κ3) is 1.74. The van der Waals surface area contributed by atoms with Crippen LogP contribution in [0.3, 0.4) is 0 Å². The number of halogens is 1. The highest BCUT2D eigenvalue weighted by Gasteiger charge is 2.38. The van der Waals surface area contributed by atoms with E-state index >= 15 is 0 Å². The summed E-state index contributed by atoms with van der Waals surface area (Å²) in [6.45, 7) is 2.35. The Morgan fingerprint density at radius 3 is 2.89 bits per heavy atom. The Labute approximate surface area is 109 Å². The molecule has 3 heterocycles. The average Bonchev–Trinajstić information content (AvgIpc) is 2.35. The van der Waals surface area contributed by atoms with E-state index in [-0.39, 0.29) is 17.6 Å². The molecule has 3 rings (SSSR count). The Balaban J connectivity index is 2.11. The van der Waals surface area contributed by atoms with E-state index in [1.54, 1.807) is 22.6 Å². The fraction of sp³-hybridized carbons (Fsp3) is 0.538. The largest absolute Gasteiger partial charge is 0.503 e. The summed E-state index contributed by atoms with van der Waals surface area (Å²) in [7, 11) is 0. The lowest BCUT2D eigenvalue weighted by Crippen LogP contribution is -2.53. The number of hydrogen-bond acceptors (Lipinski definition) is 3. The van der Waals surface area contributed by atoms with Crippen LogP contribution in [-0.2, 0) is 6.54 Å². The number of carbonyl (C=O) groups is 1. The van der Waals surface area contributed by atoms with Crippen molar-refractivity contribution in [2.45, 2.75) is 38.5 Å². The molecule has 0 aromatic carbocycles. The highest BCUT2D eigenvalue weighted by molar-refractivity contribution is 5.96. The summed E-state index contributed by atoms with van der Waals surface area (Å²) in [4.78, 5) is 25.6. The van der Waals surface area contributed by atoms with Crippen LogP contribution in [0.25, 0.3) is 0 Å². The van der Waals surface area contributed by atoms with E-state index in [1.807, 2.05) is 0 Å². The number of alkyl halides is 1. The molecule has 1 amide bonds. The summed E-state index contributed by atoms with van der Waals surface area (Å²) < 4.78 is 15.0. The zero-order chi connectivity index (χ0) is 13.7. The van der Waals surface area contributed by atoms with E-state index in [2.05, 4.69) is 0 Å². The fourth-order valence-corrected chi connectivity index (χ4v) is 2.96. The van der Waals surface area contributed by atoms with Gasteiger partial charge in [0.2, 0.25) is 5.43 Å². The molecule has 19 heavy (non-hydrogen) atoms. The van der Waals surface area contributed by atoms with Gasteiger partial charge in [-0.05, 0) is 13.3 Å². The molecule has 0 aliphatic carbocycles. The number of aromatic hydroxyl groups is 1. The maximum absolute atomic E-state index is 13.4. The molecule has 1 aromatic heterocycles. The first-order valence-corrected chi connectivity index (χ1v) is 6.37. The van der Waals surface area contributed by atoms with Gasteiger partial charge >= 0.3 is 0 Å². The number of nitrogens with zero attached hydrogens (tertiary/aromatic N) is 2. The van der Waals surface area contributed by atoms with Crippen molar-refractivity contribution in [3.8, 4) is 5.75 Å². The van der Waals surface area contributed by atoms with Crippen LogP contribution in [0.1, 0.15) is 28.9 Å². The average molecular weight is 266 g/mol. The Kier molecular flexibility index (Phi) is 2.62. The second-order valence-corrected chi connectivity index (χ2v) is 5.26. The predicted octanol–water partition coefficient (Wildman–Crippen LogP) is 0.819. The Morgan fingerprint density at radius 1 is 1.42 bits per heavy atom. The van der Waals surface area contributed by atoms with Crippen molar-refractivity contribution in [3.63, 3.8) is 0 Å². The monoisotopic (exact) mass is 266 g/mol. The first kappa shape index (κ1) is 12.2. The summed E-state index contributed by atoms with van der Waals surface area (Å²) in [6.07, 6.45) is 1.31. The lowest BCUT2D eigenvalue weighted by Gasteiger charge is -2.41. The van der Waals surface area contributed by atoms with Crippen LogP contribution in [0.4, 0.5) is 4.39 Å². The van der Waals surface area contributed by atoms with Crippen molar-refractivity contribution in [2.75, 3.05) is 6.54 Å². The molecule has 0 saturated carbocycles. The van der Waals surface area contributed by atoms with Crippen LogP contribution in [0.2, 0.25) is 0 Å². The highest BCUT2D eigenvalue weighted by atomic mass is 19.1. The second kappa shape index (κ2) is 4.08. The number of fused-ring (bicyclic) bond motifs is 2. The maximum Gasteiger partial charge on any atom is 0.274 e. The number of hydrogen-bond donors (Lipinski definition) is 1. The first-order chi connectivity index (χ1) is 8.99. The SMILES string of the molecule is Cc1cn2c(c(O)c1=O)C(=O)N1CC[C@H](F)C[C@H]1C2. The van der Waals surface area contributed by atoms with E-state index < -0.39 is 17.3 Å². The molecule has 1 saturated heterocycles. The standard InChI is InChI=1S/C13H15FN2O3/c1-7-5-15-6-9-4-8(14)2-3-16(9)13(19)10(15)12(18)11(7)17/h5,8-9,18H,2-4,6H2,1H3/t8-,9-/m0/s1. The van der Waals surface area contributed by atoms with Crippen molar-refractivity contribution in [2.24, 2.45) is 0 Å². The molecule has 1 aromatic rings. The highest BCUT2D eigenvalue weighted by Crippen LogP contribution is 2.29. The summed E-state index contributed by atoms with van der Waals surface area (Å²) >= 11 is 0. The molecule has 1 fully saturated rings. The number of rotatable bonds is 0. The molecule has 6 heteroatoms. The van der Waals surface area contributed by atoms with Gasteiger partial charge < -0.3 is 14.6 Å². The van der Waals surface area contributed by atoms with Gasteiger partial charge in [-0.3, -0.25) is 9.59 Å². The third-order valence-corrected chi connectivity index (χ3v) is 3.96. The van der Waals surface area contributed by atoms with E-state index in [1.165, 1.54) is 0 Å². The van der Waals surface area contributed by atoms with Crippen LogP contribution in [0.15, 0.2) is 11.0 Å². The third-order valence-electron chi connectivity index (χ3n) is 3.96. The summed E-state index contributed by atoms with van der Waals surface area (Å²) in [6, 6.07) is -0.190. The van der Waals surface area contributed by atoms with Crippen molar-refractivity contribution >= 4 is 5.91 Å². The van der Waals surface area contributed by atoms with E-state index in [0.29, 0.717) is 31.5 Å². The smallest absolute Gasteiger partial charge is 0.274 e. The van der Waals surface area contributed by atoms with E-state index in [4.69, 9.17) is 0 Å².